The van der Waals surface area contributed by atoms with Crippen LogP contribution in [0.5, 0.6) is 5.75 Å². The van der Waals surface area contributed by atoms with E-state index in [4.69, 9.17) is 9.84 Å². The van der Waals surface area contributed by atoms with E-state index in [9.17, 15) is 9.59 Å². The molecule has 2 aromatic rings. The number of carbonyl (C=O) groups excluding carboxylic acids is 1. The van der Waals surface area contributed by atoms with Crippen molar-refractivity contribution in [3.63, 3.8) is 0 Å². The third kappa shape index (κ3) is 3.35. The second-order valence-electron chi connectivity index (χ2n) is 6.20. The molecular formula is C19H21NO4. The second-order valence-corrected chi connectivity index (χ2v) is 6.20. The van der Waals surface area contributed by atoms with Gasteiger partial charge in [-0.05, 0) is 42.5 Å². The van der Waals surface area contributed by atoms with Crippen LogP contribution in [0.2, 0.25) is 0 Å². The molecule has 24 heavy (non-hydrogen) atoms. The molecule has 0 atom stereocenters. The number of carboxylic acids is 1. The summed E-state index contributed by atoms with van der Waals surface area (Å²) in [6, 6.07) is 11.5. The number of amides is 1. The molecule has 1 amide bonds. The number of nitrogens with one attached hydrogen (secondary N) is 1. The summed E-state index contributed by atoms with van der Waals surface area (Å²) in [6.07, 6.45) is 1.60. The van der Waals surface area contributed by atoms with Crippen molar-refractivity contribution in [2.45, 2.75) is 32.2 Å². The molecule has 1 aliphatic rings. The van der Waals surface area contributed by atoms with Gasteiger partial charge in [0.15, 0.2) is 0 Å². The molecule has 1 aliphatic carbocycles. The third-order valence-corrected chi connectivity index (χ3v) is 4.45. The van der Waals surface area contributed by atoms with Crippen molar-refractivity contribution in [1.82, 2.24) is 5.32 Å². The van der Waals surface area contributed by atoms with E-state index in [2.05, 4.69) is 5.32 Å². The molecule has 0 saturated heterocycles. The van der Waals surface area contributed by atoms with Gasteiger partial charge >= 0.3 is 5.97 Å². The first kappa shape index (κ1) is 16.3. The predicted molar refractivity (Wildman–Crippen MR) is 91.3 cm³/mol. The van der Waals surface area contributed by atoms with E-state index in [-0.39, 0.29) is 24.3 Å². The van der Waals surface area contributed by atoms with Gasteiger partial charge in [-0.3, -0.25) is 9.59 Å². The summed E-state index contributed by atoms with van der Waals surface area (Å²) in [6.45, 7) is 2.38. The Balaban J connectivity index is 1.79. The summed E-state index contributed by atoms with van der Waals surface area (Å²) in [5.41, 5.74) is 0.552. The first-order valence-corrected chi connectivity index (χ1v) is 8.25. The number of carboxylic acid groups (broad SMARTS) is 1. The van der Waals surface area contributed by atoms with Crippen molar-refractivity contribution >= 4 is 22.6 Å². The van der Waals surface area contributed by atoms with Crippen molar-refractivity contribution in [2.75, 3.05) is 6.61 Å². The van der Waals surface area contributed by atoms with Gasteiger partial charge in [-0.2, -0.15) is 0 Å². The van der Waals surface area contributed by atoms with Crippen LogP contribution in [0, 0.1) is 5.92 Å². The summed E-state index contributed by atoms with van der Waals surface area (Å²) in [4.78, 5) is 23.5. The summed E-state index contributed by atoms with van der Waals surface area (Å²) in [7, 11) is 0. The van der Waals surface area contributed by atoms with Crippen molar-refractivity contribution in [3.8, 4) is 5.75 Å². The van der Waals surface area contributed by atoms with E-state index in [0.29, 0.717) is 30.8 Å². The van der Waals surface area contributed by atoms with Crippen LogP contribution in [0.3, 0.4) is 0 Å². The number of ether oxygens (including phenoxy) is 1. The maximum atomic E-state index is 12.8. The lowest BCUT2D eigenvalue weighted by molar-refractivity contribution is -0.138. The molecule has 0 unspecified atom stereocenters. The molecule has 0 spiro atoms. The van der Waals surface area contributed by atoms with Crippen molar-refractivity contribution < 1.29 is 19.4 Å². The molecule has 2 N–H and O–H groups in total. The predicted octanol–water partition coefficient (Wildman–Crippen LogP) is 3.22. The fourth-order valence-corrected chi connectivity index (χ4v) is 3.29. The quantitative estimate of drug-likeness (QED) is 0.854. The van der Waals surface area contributed by atoms with Gasteiger partial charge in [-0.1, -0.05) is 30.3 Å². The fourth-order valence-electron chi connectivity index (χ4n) is 3.29. The van der Waals surface area contributed by atoms with Gasteiger partial charge < -0.3 is 15.2 Å². The molecule has 0 radical (unpaired) electrons. The zero-order valence-electron chi connectivity index (χ0n) is 13.6. The van der Waals surface area contributed by atoms with Gasteiger partial charge in [0.25, 0.3) is 5.91 Å². The first-order valence-electron chi connectivity index (χ1n) is 8.25. The van der Waals surface area contributed by atoms with E-state index < -0.39 is 5.97 Å². The Bertz CT molecular complexity index is 765. The molecule has 0 heterocycles. The number of rotatable bonds is 6. The minimum atomic E-state index is -0.780. The summed E-state index contributed by atoms with van der Waals surface area (Å²) in [5, 5.41) is 13.7. The fraction of sp³-hybridized carbons (Fsp3) is 0.368. The van der Waals surface area contributed by atoms with E-state index in [1.807, 2.05) is 43.3 Å². The standard InChI is InChI=1S/C19H21NO4/c1-2-24-16-8-7-13-5-3-4-6-15(13)18(16)19(23)20-14-9-12(10-14)11-17(21)22/h3-8,12,14H,2,9-11H2,1H3,(H,20,23)(H,21,22). The Morgan fingerprint density at radius 3 is 2.67 bits per heavy atom. The molecule has 3 rings (SSSR count). The number of aliphatic carboxylic acids is 1. The number of carbonyl (C=O) groups is 2. The average molecular weight is 327 g/mol. The molecule has 5 heteroatoms. The number of benzene rings is 2. The molecular weight excluding hydrogens is 306 g/mol. The van der Waals surface area contributed by atoms with Gasteiger partial charge in [-0.25, -0.2) is 0 Å². The molecule has 5 nitrogen and oxygen atoms in total. The smallest absolute Gasteiger partial charge is 0.303 e. The molecule has 1 fully saturated rings. The maximum Gasteiger partial charge on any atom is 0.303 e. The summed E-state index contributed by atoms with van der Waals surface area (Å²) in [5.74, 6) is -0.201. The highest BCUT2D eigenvalue weighted by Gasteiger charge is 2.32. The molecule has 126 valence electrons. The monoisotopic (exact) mass is 327 g/mol. The van der Waals surface area contributed by atoms with Crippen LogP contribution in [0.1, 0.15) is 36.5 Å². The molecule has 0 bridgehead atoms. The van der Waals surface area contributed by atoms with E-state index >= 15 is 0 Å². The lowest BCUT2D eigenvalue weighted by Crippen LogP contribution is -2.45. The SMILES string of the molecule is CCOc1ccc2ccccc2c1C(=O)NC1CC(CC(=O)O)C1. The lowest BCUT2D eigenvalue weighted by atomic mass is 9.78. The van der Waals surface area contributed by atoms with Crippen LogP contribution in [0.15, 0.2) is 36.4 Å². The Morgan fingerprint density at radius 2 is 1.96 bits per heavy atom. The second kappa shape index (κ2) is 6.91. The molecule has 0 aliphatic heterocycles. The summed E-state index contributed by atoms with van der Waals surface area (Å²) >= 11 is 0. The van der Waals surface area contributed by atoms with Gasteiger partial charge in [0, 0.05) is 12.5 Å². The zero-order valence-corrected chi connectivity index (χ0v) is 13.6. The van der Waals surface area contributed by atoms with Crippen LogP contribution in [0.4, 0.5) is 0 Å². The van der Waals surface area contributed by atoms with E-state index in [0.717, 1.165) is 10.8 Å². The Hall–Kier alpha value is -2.56. The number of hydrogen-bond acceptors (Lipinski definition) is 3. The van der Waals surface area contributed by atoms with Crippen LogP contribution in [-0.4, -0.2) is 29.6 Å². The van der Waals surface area contributed by atoms with Crippen LogP contribution >= 0.6 is 0 Å². The van der Waals surface area contributed by atoms with Crippen molar-refractivity contribution in [2.24, 2.45) is 5.92 Å². The highest BCUT2D eigenvalue weighted by molar-refractivity contribution is 6.09. The average Bonchev–Trinajstić information content (AvgIpc) is 2.52. The van der Waals surface area contributed by atoms with Crippen molar-refractivity contribution in [1.29, 1.82) is 0 Å². The Kier molecular flexibility index (Phi) is 4.69. The number of hydrogen-bond donors (Lipinski definition) is 2. The van der Waals surface area contributed by atoms with Crippen LogP contribution in [0.25, 0.3) is 10.8 Å². The zero-order chi connectivity index (χ0) is 17.1. The molecule has 1 saturated carbocycles. The summed E-state index contributed by atoms with van der Waals surface area (Å²) < 4.78 is 5.63. The minimum absolute atomic E-state index is 0.0373. The Morgan fingerprint density at radius 1 is 1.21 bits per heavy atom. The van der Waals surface area contributed by atoms with Gasteiger partial charge in [0.1, 0.15) is 5.75 Å². The normalized spacial score (nSPS) is 19.5. The Labute approximate surface area is 140 Å². The van der Waals surface area contributed by atoms with Gasteiger partial charge in [0.2, 0.25) is 0 Å². The first-order chi connectivity index (χ1) is 11.6. The highest BCUT2D eigenvalue weighted by atomic mass is 16.5. The van der Waals surface area contributed by atoms with Crippen LogP contribution in [-0.2, 0) is 4.79 Å². The molecule has 0 aromatic heterocycles. The largest absolute Gasteiger partial charge is 0.493 e. The lowest BCUT2D eigenvalue weighted by Gasteiger charge is -2.35. The van der Waals surface area contributed by atoms with Gasteiger partial charge in [0.05, 0.1) is 12.2 Å². The maximum absolute atomic E-state index is 12.8. The number of fused-ring (bicyclic) bond motifs is 1. The minimum Gasteiger partial charge on any atom is -0.493 e. The van der Waals surface area contributed by atoms with Crippen molar-refractivity contribution in [3.05, 3.63) is 42.0 Å². The van der Waals surface area contributed by atoms with Crippen LogP contribution < -0.4 is 10.1 Å². The van der Waals surface area contributed by atoms with Gasteiger partial charge in [-0.15, -0.1) is 0 Å². The van der Waals surface area contributed by atoms with E-state index in [1.54, 1.807) is 0 Å². The highest BCUT2D eigenvalue weighted by Crippen LogP contribution is 2.32. The molecule has 2 aromatic carbocycles. The van der Waals surface area contributed by atoms with E-state index in [1.165, 1.54) is 0 Å². The topological polar surface area (TPSA) is 75.6 Å². The third-order valence-electron chi connectivity index (χ3n) is 4.45.